The molecule has 0 aromatic heterocycles. The molecule has 0 atom stereocenters. The molecule has 1 N–H and O–H groups in total. The lowest BCUT2D eigenvalue weighted by molar-refractivity contribution is -0.116. The number of halogens is 1. The van der Waals surface area contributed by atoms with Gasteiger partial charge >= 0.3 is 0 Å². The summed E-state index contributed by atoms with van der Waals surface area (Å²) in [6.45, 7) is 5.05. The Morgan fingerprint density at radius 2 is 1.82 bits per heavy atom. The fraction of sp³-hybridized carbons (Fsp3) is 0.318. The number of anilines is 1. The molecule has 1 saturated heterocycles. The quantitative estimate of drug-likeness (QED) is 0.747. The minimum absolute atomic E-state index is 0.115. The average molecular weight is 383 g/mol. The van der Waals surface area contributed by atoms with Gasteiger partial charge in [-0.25, -0.2) is 4.39 Å². The number of carbonyl (C=O) groups excluding carboxylic acids is 1. The average Bonchev–Trinajstić information content (AvgIpc) is 2.73. The van der Waals surface area contributed by atoms with Gasteiger partial charge in [-0.05, 0) is 36.4 Å². The van der Waals surface area contributed by atoms with Crippen LogP contribution in [0.5, 0.6) is 5.75 Å². The van der Waals surface area contributed by atoms with Crippen molar-refractivity contribution < 1.29 is 13.9 Å². The molecule has 0 spiro atoms. The number of benzene rings is 2. The zero-order valence-electron chi connectivity index (χ0n) is 16.1. The molecule has 2 aromatic rings. The maximum atomic E-state index is 13.0. The van der Waals surface area contributed by atoms with Crippen LogP contribution in [0, 0.1) is 5.82 Å². The zero-order valence-corrected chi connectivity index (χ0v) is 16.1. The molecule has 0 aliphatic carbocycles. The number of piperazine rings is 1. The van der Waals surface area contributed by atoms with Crippen molar-refractivity contribution in [3.8, 4) is 5.75 Å². The summed E-state index contributed by atoms with van der Waals surface area (Å²) < 4.78 is 18.3. The number of hydrogen-bond donors (Lipinski definition) is 1. The fourth-order valence-electron chi connectivity index (χ4n) is 3.25. The van der Waals surface area contributed by atoms with E-state index in [9.17, 15) is 9.18 Å². The van der Waals surface area contributed by atoms with Gasteiger partial charge in [-0.2, -0.15) is 0 Å². The summed E-state index contributed by atoms with van der Waals surface area (Å²) in [4.78, 5) is 16.6. The molecule has 5 nitrogen and oxygen atoms in total. The highest BCUT2D eigenvalue weighted by atomic mass is 19.1. The molecule has 6 heteroatoms. The molecular weight excluding hydrogens is 357 g/mol. The molecular formula is C22H26FN3O2. The topological polar surface area (TPSA) is 44.8 Å². The van der Waals surface area contributed by atoms with Crippen LogP contribution in [0.4, 0.5) is 10.1 Å². The van der Waals surface area contributed by atoms with Crippen LogP contribution in [-0.4, -0.2) is 57.2 Å². The molecule has 148 valence electrons. The maximum absolute atomic E-state index is 13.0. The van der Waals surface area contributed by atoms with Crippen LogP contribution in [-0.2, 0) is 4.79 Å². The third-order valence-corrected chi connectivity index (χ3v) is 4.84. The monoisotopic (exact) mass is 383 g/mol. The van der Waals surface area contributed by atoms with Gasteiger partial charge in [-0.1, -0.05) is 18.2 Å². The smallest absolute Gasteiger partial charge is 0.244 e. The molecule has 1 aliphatic rings. The van der Waals surface area contributed by atoms with Gasteiger partial charge in [0.2, 0.25) is 5.91 Å². The molecule has 1 aliphatic heterocycles. The summed E-state index contributed by atoms with van der Waals surface area (Å²) in [5, 5.41) is 2.92. The van der Waals surface area contributed by atoms with Crippen LogP contribution in [0.3, 0.4) is 0 Å². The summed E-state index contributed by atoms with van der Waals surface area (Å²) in [5.41, 5.74) is 1.92. The van der Waals surface area contributed by atoms with Crippen LogP contribution in [0.25, 0.3) is 6.08 Å². The lowest BCUT2D eigenvalue weighted by Crippen LogP contribution is -2.48. The van der Waals surface area contributed by atoms with Crippen molar-refractivity contribution in [1.82, 2.24) is 10.2 Å². The van der Waals surface area contributed by atoms with E-state index in [0.717, 1.165) is 49.7 Å². The second-order valence-electron chi connectivity index (χ2n) is 6.67. The number of ether oxygens (including phenoxy) is 1. The molecule has 0 saturated carbocycles. The molecule has 0 radical (unpaired) electrons. The van der Waals surface area contributed by atoms with E-state index in [1.54, 1.807) is 13.2 Å². The Hall–Kier alpha value is -2.86. The Morgan fingerprint density at radius 3 is 2.54 bits per heavy atom. The normalized spacial score (nSPS) is 15.0. The number of rotatable bonds is 7. The van der Waals surface area contributed by atoms with Crippen LogP contribution in [0.1, 0.15) is 5.56 Å². The van der Waals surface area contributed by atoms with Crippen LogP contribution in [0.15, 0.2) is 54.6 Å². The fourth-order valence-corrected chi connectivity index (χ4v) is 3.25. The Bertz CT molecular complexity index is 800. The first-order valence-electron chi connectivity index (χ1n) is 9.47. The lowest BCUT2D eigenvalue weighted by Gasteiger charge is -2.36. The molecule has 1 amide bonds. The first-order valence-corrected chi connectivity index (χ1v) is 9.47. The minimum atomic E-state index is -0.210. The second-order valence-corrected chi connectivity index (χ2v) is 6.67. The van der Waals surface area contributed by atoms with E-state index >= 15 is 0 Å². The summed E-state index contributed by atoms with van der Waals surface area (Å²) in [5.74, 6) is 0.416. The predicted molar refractivity (Wildman–Crippen MR) is 110 cm³/mol. The van der Waals surface area contributed by atoms with E-state index < -0.39 is 0 Å². The van der Waals surface area contributed by atoms with Gasteiger partial charge in [0.15, 0.2) is 0 Å². The van der Waals surface area contributed by atoms with Crippen LogP contribution >= 0.6 is 0 Å². The Morgan fingerprint density at radius 1 is 1.11 bits per heavy atom. The maximum Gasteiger partial charge on any atom is 0.244 e. The minimum Gasteiger partial charge on any atom is -0.496 e. The van der Waals surface area contributed by atoms with Crippen LogP contribution < -0.4 is 15.0 Å². The highest BCUT2D eigenvalue weighted by Crippen LogP contribution is 2.18. The van der Waals surface area contributed by atoms with E-state index in [0.29, 0.717) is 6.54 Å². The van der Waals surface area contributed by atoms with Crippen LogP contribution in [0.2, 0.25) is 0 Å². The van der Waals surface area contributed by atoms with Gasteiger partial charge in [-0.3, -0.25) is 9.69 Å². The number of para-hydroxylation sites is 1. The molecule has 1 heterocycles. The number of nitrogens with one attached hydrogen (secondary N) is 1. The lowest BCUT2D eigenvalue weighted by atomic mass is 10.2. The molecule has 1 fully saturated rings. The number of carbonyl (C=O) groups is 1. The number of methoxy groups -OCH3 is 1. The number of amides is 1. The predicted octanol–water partition coefficient (Wildman–Crippen LogP) is 2.79. The van der Waals surface area contributed by atoms with Crippen molar-refractivity contribution in [1.29, 1.82) is 0 Å². The van der Waals surface area contributed by atoms with E-state index in [1.807, 2.05) is 36.4 Å². The molecule has 28 heavy (non-hydrogen) atoms. The SMILES string of the molecule is COc1ccccc1C=CC(=O)NCCN1CCN(c2ccc(F)cc2)CC1. The van der Waals surface area contributed by atoms with Gasteiger partial charge in [0.05, 0.1) is 7.11 Å². The van der Waals surface area contributed by atoms with Crippen molar-refractivity contribution in [2.75, 3.05) is 51.3 Å². The number of hydrogen-bond acceptors (Lipinski definition) is 4. The van der Waals surface area contributed by atoms with Gasteiger partial charge in [0.25, 0.3) is 0 Å². The molecule has 0 unspecified atom stereocenters. The summed E-state index contributed by atoms with van der Waals surface area (Å²) in [6.07, 6.45) is 3.29. The standard InChI is InChI=1S/C22H26FN3O2/c1-28-21-5-3-2-4-18(21)6-11-22(27)24-12-13-25-14-16-26(17-15-25)20-9-7-19(23)8-10-20/h2-11H,12-17H2,1H3,(H,24,27). The third kappa shape index (κ3) is 5.57. The summed E-state index contributed by atoms with van der Waals surface area (Å²) in [7, 11) is 1.61. The van der Waals surface area contributed by atoms with Gasteiger partial charge in [0, 0.05) is 56.6 Å². The second kappa shape index (κ2) is 9.90. The highest BCUT2D eigenvalue weighted by Gasteiger charge is 2.16. The van der Waals surface area contributed by atoms with Crippen molar-refractivity contribution >= 4 is 17.7 Å². The first kappa shape index (κ1) is 19.9. The number of nitrogens with zero attached hydrogens (tertiary/aromatic N) is 2. The van der Waals surface area contributed by atoms with Crippen molar-refractivity contribution in [2.24, 2.45) is 0 Å². The van der Waals surface area contributed by atoms with Crippen molar-refractivity contribution in [3.05, 3.63) is 66.0 Å². The zero-order chi connectivity index (χ0) is 19.8. The third-order valence-electron chi connectivity index (χ3n) is 4.84. The Labute approximate surface area is 165 Å². The Kier molecular flexibility index (Phi) is 7.03. The molecule has 2 aromatic carbocycles. The van der Waals surface area contributed by atoms with E-state index in [-0.39, 0.29) is 11.7 Å². The summed E-state index contributed by atoms with van der Waals surface area (Å²) >= 11 is 0. The van der Waals surface area contributed by atoms with Crippen molar-refractivity contribution in [3.63, 3.8) is 0 Å². The Balaban J connectivity index is 1.38. The van der Waals surface area contributed by atoms with Gasteiger partial charge < -0.3 is 15.0 Å². The van der Waals surface area contributed by atoms with E-state index in [1.165, 1.54) is 18.2 Å². The summed E-state index contributed by atoms with van der Waals surface area (Å²) in [6, 6.07) is 14.2. The van der Waals surface area contributed by atoms with Gasteiger partial charge in [0.1, 0.15) is 11.6 Å². The highest BCUT2D eigenvalue weighted by molar-refractivity contribution is 5.92. The first-order chi connectivity index (χ1) is 13.7. The van der Waals surface area contributed by atoms with Crippen molar-refractivity contribution in [2.45, 2.75) is 0 Å². The van der Waals surface area contributed by atoms with E-state index in [2.05, 4.69) is 15.1 Å². The molecule has 0 bridgehead atoms. The molecule has 3 rings (SSSR count). The van der Waals surface area contributed by atoms with Gasteiger partial charge in [-0.15, -0.1) is 0 Å². The largest absolute Gasteiger partial charge is 0.496 e. The van der Waals surface area contributed by atoms with E-state index in [4.69, 9.17) is 4.74 Å².